The third-order valence-corrected chi connectivity index (χ3v) is 6.06. The number of benzene rings is 1. The van der Waals surface area contributed by atoms with Crippen molar-refractivity contribution in [3.05, 3.63) is 28.2 Å². The molecular weight excluding hydrogens is 382 g/mol. The van der Waals surface area contributed by atoms with Gasteiger partial charge in [0.15, 0.2) is 9.84 Å². The molecule has 1 unspecified atom stereocenters. The highest BCUT2D eigenvalue weighted by Crippen LogP contribution is 2.30. The summed E-state index contributed by atoms with van der Waals surface area (Å²) in [6, 6.07) is 6.15. The van der Waals surface area contributed by atoms with Crippen LogP contribution in [0.5, 0.6) is 0 Å². The molecule has 0 spiro atoms. The fourth-order valence-corrected chi connectivity index (χ4v) is 4.65. The molecule has 1 aromatic carbocycles. The molecule has 3 nitrogen and oxygen atoms in total. The number of alkyl halides is 1. The van der Waals surface area contributed by atoms with E-state index in [4.69, 9.17) is 0 Å². The summed E-state index contributed by atoms with van der Waals surface area (Å²) in [5.74, 6) is 0.479. The van der Waals surface area contributed by atoms with Crippen molar-refractivity contribution in [2.24, 2.45) is 0 Å². The predicted molar refractivity (Wildman–Crippen MR) is 82.2 cm³/mol. The Morgan fingerprint density at radius 1 is 1.44 bits per heavy atom. The summed E-state index contributed by atoms with van der Waals surface area (Å²) >= 11 is 6.96. The average molecular weight is 397 g/mol. The third kappa shape index (κ3) is 3.08. The van der Waals surface area contributed by atoms with Gasteiger partial charge in [0, 0.05) is 28.1 Å². The molecule has 0 aliphatic carbocycles. The first kappa shape index (κ1) is 14.3. The fraction of sp³-hybridized carbons (Fsp3) is 0.500. The molecular formula is C12H15Br2NO2S. The molecule has 1 saturated heterocycles. The minimum absolute atomic E-state index is 0.0239. The van der Waals surface area contributed by atoms with E-state index in [0.717, 1.165) is 15.5 Å². The Hall–Kier alpha value is -0.0700. The van der Waals surface area contributed by atoms with Crippen LogP contribution in [-0.2, 0) is 15.2 Å². The molecule has 1 aliphatic rings. The molecule has 100 valence electrons. The zero-order chi connectivity index (χ0) is 13.3. The highest BCUT2D eigenvalue weighted by atomic mass is 79.9. The van der Waals surface area contributed by atoms with Gasteiger partial charge in [0.05, 0.1) is 11.5 Å². The van der Waals surface area contributed by atoms with E-state index in [2.05, 4.69) is 48.9 Å². The van der Waals surface area contributed by atoms with Crippen LogP contribution in [0.4, 0.5) is 5.69 Å². The van der Waals surface area contributed by atoms with Crippen molar-refractivity contribution in [1.29, 1.82) is 0 Å². The minimum Gasteiger partial charge on any atom is -0.367 e. The summed E-state index contributed by atoms with van der Waals surface area (Å²) < 4.78 is 24.2. The van der Waals surface area contributed by atoms with Crippen LogP contribution in [0.25, 0.3) is 0 Å². The molecule has 2 rings (SSSR count). The lowest BCUT2D eigenvalue weighted by molar-refractivity contribution is 0.568. The van der Waals surface area contributed by atoms with Gasteiger partial charge < -0.3 is 4.90 Å². The van der Waals surface area contributed by atoms with E-state index < -0.39 is 9.84 Å². The molecule has 1 heterocycles. The SMILES string of the molecule is CC1CS(=O)(=O)CCN1c1cc(Br)ccc1CBr. The van der Waals surface area contributed by atoms with E-state index >= 15 is 0 Å². The summed E-state index contributed by atoms with van der Waals surface area (Å²) in [5.41, 5.74) is 2.30. The lowest BCUT2D eigenvalue weighted by Crippen LogP contribution is -2.47. The Labute approximate surface area is 125 Å². The maximum Gasteiger partial charge on any atom is 0.154 e. The smallest absolute Gasteiger partial charge is 0.154 e. The van der Waals surface area contributed by atoms with Gasteiger partial charge in [-0.1, -0.05) is 37.9 Å². The van der Waals surface area contributed by atoms with Gasteiger partial charge in [-0.15, -0.1) is 0 Å². The van der Waals surface area contributed by atoms with E-state index in [1.165, 1.54) is 5.56 Å². The van der Waals surface area contributed by atoms with Gasteiger partial charge in [0.1, 0.15) is 0 Å². The summed E-state index contributed by atoms with van der Waals surface area (Å²) in [6.45, 7) is 2.54. The van der Waals surface area contributed by atoms with Crippen molar-refractivity contribution < 1.29 is 8.42 Å². The monoisotopic (exact) mass is 395 g/mol. The van der Waals surface area contributed by atoms with Gasteiger partial charge in [-0.3, -0.25) is 0 Å². The summed E-state index contributed by atoms with van der Waals surface area (Å²) in [5, 5.41) is 0.769. The Balaban J connectivity index is 2.34. The van der Waals surface area contributed by atoms with E-state index in [9.17, 15) is 8.42 Å². The number of rotatable bonds is 2. The van der Waals surface area contributed by atoms with Crippen molar-refractivity contribution in [1.82, 2.24) is 0 Å². The number of hydrogen-bond acceptors (Lipinski definition) is 3. The van der Waals surface area contributed by atoms with Gasteiger partial charge in [-0.05, 0) is 24.6 Å². The lowest BCUT2D eigenvalue weighted by Gasteiger charge is -2.36. The molecule has 0 bridgehead atoms. The van der Waals surface area contributed by atoms with E-state index in [-0.39, 0.29) is 17.5 Å². The van der Waals surface area contributed by atoms with Crippen LogP contribution in [0, 0.1) is 0 Å². The number of anilines is 1. The molecule has 0 aromatic heterocycles. The standard InChI is InChI=1S/C12H15Br2NO2S/c1-9-8-18(16,17)5-4-15(9)12-6-11(14)3-2-10(12)7-13/h2-3,6,9H,4-5,7-8H2,1H3. The Bertz CT molecular complexity index is 545. The molecule has 1 aliphatic heterocycles. The Morgan fingerprint density at radius 2 is 2.17 bits per heavy atom. The summed E-state index contributed by atoms with van der Waals surface area (Å²) in [6.07, 6.45) is 0. The quantitative estimate of drug-likeness (QED) is 0.721. The maximum absolute atomic E-state index is 11.6. The number of hydrogen-bond donors (Lipinski definition) is 0. The van der Waals surface area contributed by atoms with E-state index in [0.29, 0.717) is 6.54 Å². The molecule has 1 fully saturated rings. The zero-order valence-electron chi connectivity index (χ0n) is 10.1. The van der Waals surface area contributed by atoms with E-state index in [1.54, 1.807) is 0 Å². The van der Waals surface area contributed by atoms with Crippen LogP contribution in [0.3, 0.4) is 0 Å². The molecule has 1 atom stereocenters. The van der Waals surface area contributed by atoms with Crippen molar-refractivity contribution >= 4 is 47.4 Å². The summed E-state index contributed by atoms with van der Waals surface area (Å²) in [4.78, 5) is 2.18. The van der Waals surface area contributed by atoms with Crippen molar-refractivity contribution in [3.8, 4) is 0 Å². The van der Waals surface area contributed by atoms with Gasteiger partial charge in [0.25, 0.3) is 0 Å². The Kier molecular flexibility index (Phi) is 4.39. The van der Waals surface area contributed by atoms with Crippen LogP contribution in [0.2, 0.25) is 0 Å². The number of sulfone groups is 1. The van der Waals surface area contributed by atoms with Gasteiger partial charge in [0.2, 0.25) is 0 Å². The normalized spacial score (nSPS) is 23.1. The van der Waals surface area contributed by atoms with Crippen molar-refractivity contribution in [3.63, 3.8) is 0 Å². The van der Waals surface area contributed by atoms with Crippen LogP contribution in [-0.4, -0.2) is 32.5 Å². The average Bonchev–Trinajstić information content (AvgIpc) is 2.28. The second-order valence-electron chi connectivity index (χ2n) is 4.56. The maximum atomic E-state index is 11.6. The van der Waals surface area contributed by atoms with Gasteiger partial charge in [-0.2, -0.15) is 0 Å². The molecule has 0 radical (unpaired) electrons. The van der Waals surface area contributed by atoms with Crippen molar-refractivity contribution in [2.45, 2.75) is 18.3 Å². The van der Waals surface area contributed by atoms with Gasteiger partial charge in [-0.25, -0.2) is 8.42 Å². The van der Waals surface area contributed by atoms with E-state index in [1.807, 2.05) is 13.0 Å². The van der Waals surface area contributed by atoms with Crippen molar-refractivity contribution in [2.75, 3.05) is 23.0 Å². The molecule has 6 heteroatoms. The molecule has 18 heavy (non-hydrogen) atoms. The third-order valence-electron chi connectivity index (χ3n) is 3.17. The summed E-state index contributed by atoms with van der Waals surface area (Å²) in [7, 11) is -2.87. The van der Waals surface area contributed by atoms with Gasteiger partial charge >= 0.3 is 0 Å². The zero-order valence-corrected chi connectivity index (χ0v) is 14.1. The predicted octanol–water partition coefficient (Wildman–Crippen LogP) is 2.97. The number of nitrogens with zero attached hydrogens (tertiary/aromatic N) is 1. The lowest BCUT2D eigenvalue weighted by atomic mass is 10.1. The highest BCUT2D eigenvalue weighted by molar-refractivity contribution is 9.10. The first-order valence-corrected chi connectivity index (χ1v) is 9.48. The van der Waals surface area contributed by atoms with Crippen LogP contribution >= 0.6 is 31.9 Å². The molecule has 0 N–H and O–H groups in total. The minimum atomic E-state index is -2.87. The first-order valence-electron chi connectivity index (χ1n) is 5.74. The van der Waals surface area contributed by atoms with Crippen LogP contribution in [0.15, 0.2) is 22.7 Å². The number of halogens is 2. The van der Waals surface area contributed by atoms with Crippen LogP contribution in [0.1, 0.15) is 12.5 Å². The highest BCUT2D eigenvalue weighted by Gasteiger charge is 2.29. The first-order chi connectivity index (χ1) is 8.43. The topological polar surface area (TPSA) is 37.4 Å². The molecule has 0 amide bonds. The second kappa shape index (κ2) is 5.51. The largest absolute Gasteiger partial charge is 0.367 e. The Morgan fingerprint density at radius 3 is 2.78 bits per heavy atom. The molecule has 0 saturated carbocycles. The molecule has 1 aromatic rings. The fourth-order valence-electron chi connectivity index (χ4n) is 2.27. The van der Waals surface area contributed by atoms with Crippen LogP contribution < -0.4 is 4.90 Å². The second-order valence-corrected chi connectivity index (χ2v) is 8.27.